The third kappa shape index (κ3) is 3.95. The summed E-state index contributed by atoms with van der Waals surface area (Å²) in [5.41, 5.74) is 5.95. The average molecular weight is 292 g/mol. The first-order valence-corrected chi connectivity index (χ1v) is 6.93. The monoisotopic (exact) mass is 292 g/mol. The molecule has 0 aliphatic carbocycles. The lowest BCUT2D eigenvalue weighted by atomic mass is 9.96. The summed E-state index contributed by atoms with van der Waals surface area (Å²) < 4.78 is 10.3. The third-order valence-electron chi connectivity index (χ3n) is 3.56. The highest BCUT2D eigenvalue weighted by Crippen LogP contribution is 2.20. The molecule has 1 saturated heterocycles. The van der Waals surface area contributed by atoms with Gasteiger partial charge in [-0.2, -0.15) is 0 Å². The summed E-state index contributed by atoms with van der Waals surface area (Å²) in [6.07, 6.45) is 1.50. The Labute approximate surface area is 123 Å². The smallest absolute Gasteiger partial charge is 0.237 e. The Bertz CT molecular complexity index is 495. The van der Waals surface area contributed by atoms with Crippen molar-refractivity contribution in [2.45, 2.75) is 24.8 Å². The Hall–Kier alpha value is -2.08. The molecule has 2 amide bonds. The molecule has 1 aliphatic heterocycles. The second-order valence-electron chi connectivity index (χ2n) is 5.00. The number of hydrogen-bond acceptors (Lipinski definition) is 4. The highest BCUT2D eigenvalue weighted by atomic mass is 16.5. The van der Waals surface area contributed by atoms with Gasteiger partial charge in [0, 0.05) is 19.3 Å². The van der Waals surface area contributed by atoms with E-state index in [-0.39, 0.29) is 11.9 Å². The first kappa shape index (κ1) is 15.3. The predicted octanol–water partition coefficient (Wildman–Crippen LogP) is 0.559. The van der Waals surface area contributed by atoms with Crippen LogP contribution in [0.1, 0.15) is 24.3 Å². The van der Waals surface area contributed by atoms with E-state index in [1.165, 1.54) is 0 Å². The van der Waals surface area contributed by atoms with Gasteiger partial charge in [0.15, 0.2) is 0 Å². The molecule has 0 unspecified atom stereocenters. The Morgan fingerprint density at radius 1 is 1.29 bits per heavy atom. The molecule has 0 radical (unpaired) electrons. The topological polar surface area (TPSA) is 90.7 Å². The maximum atomic E-state index is 12.3. The number of ether oxygens (including phenoxy) is 2. The zero-order valence-corrected chi connectivity index (χ0v) is 12.0. The summed E-state index contributed by atoms with van der Waals surface area (Å²) >= 11 is 0. The summed E-state index contributed by atoms with van der Waals surface area (Å²) in [6, 6.07) is 6.79. The van der Waals surface area contributed by atoms with E-state index in [2.05, 4.69) is 5.32 Å². The standard InChI is InChI=1S/C15H20N2O4/c1-20-12-4-2-10(3-5-12)13(14(16)18)15(19)17-11-6-8-21-9-7-11/h2-5,11,13H,6-9H2,1H3,(H2,16,18)(H,17,19)/t13-/m0/s1. The van der Waals surface area contributed by atoms with Crippen LogP contribution in [0.5, 0.6) is 5.75 Å². The molecule has 1 aromatic rings. The Kier molecular flexibility index (Phi) is 5.16. The fourth-order valence-corrected chi connectivity index (χ4v) is 2.37. The molecule has 3 N–H and O–H groups in total. The quantitative estimate of drug-likeness (QED) is 0.776. The maximum absolute atomic E-state index is 12.3. The van der Waals surface area contributed by atoms with E-state index in [1.807, 2.05) is 0 Å². The van der Waals surface area contributed by atoms with Crippen LogP contribution >= 0.6 is 0 Å². The second kappa shape index (κ2) is 7.08. The maximum Gasteiger partial charge on any atom is 0.237 e. The van der Waals surface area contributed by atoms with Crippen LogP contribution < -0.4 is 15.8 Å². The van der Waals surface area contributed by atoms with Gasteiger partial charge in [-0.25, -0.2) is 0 Å². The zero-order chi connectivity index (χ0) is 15.2. The molecule has 1 aliphatic rings. The fourth-order valence-electron chi connectivity index (χ4n) is 2.37. The summed E-state index contributed by atoms with van der Waals surface area (Å²) in [7, 11) is 1.55. The summed E-state index contributed by atoms with van der Waals surface area (Å²) in [5.74, 6) is -1.35. The van der Waals surface area contributed by atoms with Crippen molar-refractivity contribution >= 4 is 11.8 Å². The number of rotatable bonds is 5. The van der Waals surface area contributed by atoms with Gasteiger partial charge in [0.25, 0.3) is 0 Å². The largest absolute Gasteiger partial charge is 0.497 e. The van der Waals surface area contributed by atoms with Crippen LogP contribution in [0.15, 0.2) is 24.3 Å². The molecule has 0 aromatic heterocycles. The normalized spacial score (nSPS) is 17.0. The lowest BCUT2D eigenvalue weighted by Gasteiger charge is -2.25. The first-order valence-electron chi connectivity index (χ1n) is 6.93. The molecule has 21 heavy (non-hydrogen) atoms. The van der Waals surface area contributed by atoms with E-state index < -0.39 is 11.8 Å². The van der Waals surface area contributed by atoms with Crippen molar-refractivity contribution in [2.24, 2.45) is 5.73 Å². The Balaban J connectivity index is 2.09. The van der Waals surface area contributed by atoms with Crippen LogP contribution in [0, 0.1) is 0 Å². The highest BCUT2D eigenvalue weighted by molar-refractivity contribution is 6.05. The van der Waals surface area contributed by atoms with Crippen molar-refractivity contribution in [1.29, 1.82) is 0 Å². The summed E-state index contributed by atoms with van der Waals surface area (Å²) in [4.78, 5) is 24.0. The number of nitrogens with two attached hydrogens (primary N) is 1. The van der Waals surface area contributed by atoms with E-state index >= 15 is 0 Å². The predicted molar refractivity (Wildman–Crippen MR) is 76.9 cm³/mol. The van der Waals surface area contributed by atoms with Gasteiger partial charge in [-0.3, -0.25) is 9.59 Å². The van der Waals surface area contributed by atoms with Gasteiger partial charge >= 0.3 is 0 Å². The van der Waals surface area contributed by atoms with Gasteiger partial charge < -0.3 is 20.5 Å². The van der Waals surface area contributed by atoms with Crippen molar-refractivity contribution in [2.75, 3.05) is 20.3 Å². The third-order valence-corrected chi connectivity index (χ3v) is 3.56. The van der Waals surface area contributed by atoms with Crippen LogP contribution in [0.4, 0.5) is 0 Å². The molecule has 0 bridgehead atoms. The lowest BCUT2D eigenvalue weighted by Crippen LogP contribution is -2.44. The first-order chi connectivity index (χ1) is 10.1. The van der Waals surface area contributed by atoms with E-state index in [0.29, 0.717) is 24.5 Å². The average Bonchev–Trinajstić information content (AvgIpc) is 2.49. The number of nitrogens with one attached hydrogen (secondary N) is 1. The second-order valence-corrected chi connectivity index (χ2v) is 5.00. The molecule has 1 aromatic carbocycles. The highest BCUT2D eigenvalue weighted by Gasteiger charge is 2.28. The van der Waals surface area contributed by atoms with Gasteiger partial charge in [0.1, 0.15) is 11.7 Å². The minimum absolute atomic E-state index is 0.0337. The molecule has 2 rings (SSSR count). The van der Waals surface area contributed by atoms with E-state index in [9.17, 15) is 9.59 Å². The number of hydrogen-bond donors (Lipinski definition) is 2. The molecule has 0 saturated carbocycles. The molecule has 0 spiro atoms. The molecule has 6 nitrogen and oxygen atoms in total. The molecular formula is C15H20N2O4. The fraction of sp³-hybridized carbons (Fsp3) is 0.467. The van der Waals surface area contributed by atoms with Crippen molar-refractivity contribution < 1.29 is 19.1 Å². The molecule has 1 fully saturated rings. The number of benzene rings is 1. The van der Waals surface area contributed by atoms with Crippen molar-refractivity contribution in [3.05, 3.63) is 29.8 Å². The number of amides is 2. The summed E-state index contributed by atoms with van der Waals surface area (Å²) in [6.45, 7) is 1.24. The van der Waals surface area contributed by atoms with Gasteiger partial charge in [0.05, 0.1) is 7.11 Å². The van der Waals surface area contributed by atoms with E-state index in [0.717, 1.165) is 12.8 Å². The zero-order valence-electron chi connectivity index (χ0n) is 12.0. The number of primary amides is 1. The molecule has 1 atom stereocenters. The molecule has 114 valence electrons. The SMILES string of the molecule is COc1ccc([C@@H](C(N)=O)C(=O)NC2CCOCC2)cc1. The van der Waals surface area contributed by atoms with Crippen molar-refractivity contribution in [3.8, 4) is 5.75 Å². The van der Waals surface area contributed by atoms with Gasteiger partial charge in [-0.1, -0.05) is 12.1 Å². The molecule has 6 heteroatoms. The number of methoxy groups -OCH3 is 1. The van der Waals surface area contributed by atoms with Gasteiger partial charge in [0.2, 0.25) is 11.8 Å². The number of carbonyl (C=O) groups excluding carboxylic acids is 2. The van der Waals surface area contributed by atoms with Gasteiger partial charge in [-0.15, -0.1) is 0 Å². The minimum Gasteiger partial charge on any atom is -0.497 e. The van der Waals surface area contributed by atoms with Crippen molar-refractivity contribution in [3.63, 3.8) is 0 Å². The Morgan fingerprint density at radius 3 is 2.43 bits per heavy atom. The van der Waals surface area contributed by atoms with E-state index in [4.69, 9.17) is 15.2 Å². The minimum atomic E-state index is -0.987. The van der Waals surface area contributed by atoms with Crippen LogP contribution in [0.3, 0.4) is 0 Å². The lowest BCUT2D eigenvalue weighted by molar-refractivity contribution is -0.130. The van der Waals surface area contributed by atoms with Crippen LogP contribution in [-0.4, -0.2) is 38.2 Å². The van der Waals surface area contributed by atoms with Crippen LogP contribution in [0.2, 0.25) is 0 Å². The van der Waals surface area contributed by atoms with Gasteiger partial charge in [-0.05, 0) is 30.5 Å². The van der Waals surface area contributed by atoms with Crippen molar-refractivity contribution in [1.82, 2.24) is 5.32 Å². The van der Waals surface area contributed by atoms with E-state index in [1.54, 1.807) is 31.4 Å². The van der Waals surface area contributed by atoms with Crippen LogP contribution in [0.25, 0.3) is 0 Å². The Morgan fingerprint density at radius 2 is 1.90 bits per heavy atom. The van der Waals surface area contributed by atoms with Crippen LogP contribution in [-0.2, 0) is 14.3 Å². The molecular weight excluding hydrogens is 272 g/mol. The number of carbonyl (C=O) groups is 2. The summed E-state index contributed by atoms with van der Waals surface area (Å²) in [5, 5.41) is 2.88. The molecule has 1 heterocycles.